The Morgan fingerprint density at radius 2 is 2.19 bits per heavy atom. The molecular formula is C13H22N2O. The number of nitrogens with zero attached hydrogens (tertiary/aromatic N) is 2. The topological polar surface area (TPSA) is 36.4 Å². The molecule has 1 aromatic rings. The number of aliphatic hydroxyl groups excluding tert-OH is 1. The van der Waals surface area contributed by atoms with Gasteiger partial charge < -0.3 is 10.0 Å². The molecule has 0 aliphatic rings. The van der Waals surface area contributed by atoms with Crippen LogP contribution in [0.1, 0.15) is 44.8 Å². The fourth-order valence-corrected chi connectivity index (χ4v) is 1.62. The van der Waals surface area contributed by atoms with E-state index in [1.54, 1.807) is 13.1 Å². The second-order valence-electron chi connectivity index (χ2n) is 4.25. The molecule has 90 valence electrons. The predicted octanol–water partition coefficient (Wildman–Crippen LogP) is 2.76. The molecule has 0 bridgehead atoms. The molecule has 1 atom stereocenters. The van der Waals surface area contributed by atoms with Crippen LogP contribution >= 0.6 is 0 Å². The lowest BCUT2D eigenvalue weighted by atomic mass is 10.1. The average molecular weight is 222 g/mol. The summed E-state index contributed by atoms with van der Waals surface area (Å²) in [5, 5.41) is 9.50. The van der Waals surface area contributed by atoms with Crippen molar-refractivity contribution in [1.29, 1.82) is 0 Å². The van der Waals surface area contributed by atoms with Crippen LogP contribution in [0, 0.1) is 0 Å². The Kier molecular flexibility index (Phi) is 5.26. The molecule has 0 saturated heterocycles. The Morgan fingerprint density at radius 1 is 1.44 bits per heavy atom. The Bertz CT molecular complexity index is 313. The van der Waals surface area contributed by atoms with Gasteiger partial charge in [-0.25, -0.2) is 4.98 Å². The SMILES string of the molecule is CCCCCN(C)c1cc([C@@H](C)O)ccn1. The quantitative estimate of drug-likeness (QED) is 0.752. The molecule has 0 spiro atoms. The third-order valence-electron chi connectivity index (χ3n) is 2.74. The molecule has 1 heterocycles. The summed E-state index contributed by atoms with van der Waals surface area (Å²) >= 11 is 0. The molecule has 0 fully saturated rings. The molecule has 0 aromatic carbocycles. The van der Waals surface area contributed by atoms with Gasteiger partial charge in [0, 0.05) is 19.8 Å². The minimum Gasteiger partial charge on any atom is -0.389 e. The zero-order valence-electron chi connectivity index (χ0n) is 10.5. The predicted molar refractivity (Wildman–Crippen MR) is 67.7 cm³/mol. The lowest BCUT2D eigenvalue weighted by Gasteiger charge is -2.19. The molecule has 3 heteroatoms. The van der Waals surface area contributed by atoms with Gasteiger partial charge in [0.05, 0.1) is 6.10 Å². The number of hydrogen-bond acceptors (Lipinski definition) is 3. The van der Waals surface area contributed by atoms with Gasteiger partial charge in [0.1, 0.15) is 5.82 Å². The Hall–Kier alpha value is -1.09. The second-order valence-corrected chi connectivity index (χ2v) is 4.25. The third kappa shape index (κ3) is 3.81. The van der Waals surface area contributed by atoms with E-state index >= 15 is 0 Å². The van der Waals surface area contributed by atoms with Crippen molar-refractivity contribution in [3.8, 4) is 0 Å². The minimum absolute atomic E-state index is 0.425. The molecule has 0 unspecified atom stereocenters. The van der Waals surface area contributed by atoms with E-state index < -0.39 is 6.10 Å². The molecule has 0 saturated carbocycles. The van der Waals surface area contributed by atoms with Crippen molar-refractivity contribution in [3.63, 3.8) is 0 Å². The highest BCUT2D eigenvalue weighted by Crippen LogP contribution is 2.17. The Balaban J connectivity index is 2.60. The lowest BCUT2D eigenvalue weighted by Crippen LogP contribution is -2.19. The fourth-order valence-electron chi connectivity index (χ4n) is 1.62. The molecule has 3 nitrogen and oxygen atoms in total. The summed E-state index contributed by atoms with van der Waals surface area (Å²) in [4.78, 5) is 6.46. The molecule has 1 aromatic heterocycles. The number of aromatic nitrogens is 1. The van der Waals surface area contributed by atoms with Crippen LogP contribution < -0.4 is 4.90 Å². The van der Waals surface area contributed by atoms with Crippen LogP contribution in [-0.2, 0) is 0 Å². The summed E-state index contributed by atoms with van der Waals surface area (Å²) in [6, 6.07) is 3.81. The zero-order chi connectivity index (χ0) is 12.0. The maximum Gasteiger partial charge on any atom is 0.128 e. The molecule has 16 heavy (non-hydrogen) atoms. The Labute approximate surface area is 98.1 Å². The highest BCUT2D eigenvalue weighted by atomic mass is 16.3. The first kappa shape index (κ1) is 13.0. The van der Waals surface area contributed by atoms with Crippen molar-refractivity contribution in [3.05, 3.63) is 23.9 Å². The van der Waals surface area contributed by atoms with Crippen molar-refractivity contribution in [1.82, 2.24) is 4.98 Å². The Morgan fingerprint density at radius 3 is 2.81 bits per heavy atom. The van der Waals surface area contributed by atoms with Crippen molar-refractivity contribution in [2.24, 2.45) is 0 Å². The first-order valence-corrected chi connectivity index (χ1v) is 6.00. The summed E-state index contributed by atoms with van der Waals surface area (Å²) < 4.78 is 0. The van der Waals surface area contributed by atoms with E-state index in [0.717, 1.165) is 17.9 Å². The van der Waals surface area contributed by atoms with E-state index in [1.165, 1.54) is 19.3 Å². The number of aliphatic hydroxyl groups is 1. The molecule has 0 amide bonds. The maximum atomic E-state index is 9.50. The van der Waals surface area contributed by atoms with Crippen molar-refractivity contribution < 1.29 is 5.11 Å². The van der Waals surface area contributed by atoms with Crippen molar-refractivity contribution in [2.75, 3.05) is 18.5 Å². The number of hydrogen-bond donors (Lipinski definition) is 1. The summed E-state index contributed by atoms with van der Waals surface area (Å²) in [6.07, 6.45) is 5.00. The van der Waals surface area contributed by atoms with Crippen LogP contribution in [0.3, 0.4) is 0 Å². The van der Waals surface area contributed by atoms with E-state index in [9.17, 15) is 5.11 Å². The van der Waals surface area contributed by atoms with Gasteiger partial charge in [0.2, 0.25) is 0 Å². The van der Waals surface area contributed by atoms with Crippen molar-refractivity contribution >= 4 is 5.82 Å². The number of rotatable bonds is 6. The van der Waals surface area contributed by atoms with E-state index in [0.29, 0.717) is 0 Å². The molecule has 1 N–H and O–H groups in total. The molecule has 0 radical (unpaired) electrons. The monoisotopic (exact) mass is 222 g/mol. The average Bonchev–Trinajstić information content (AvgIpc) is 2.29. The van der Waals surface area contributed by atoms with Gasteiger partial charge in [0.15, 0.2) is 0 Å². The lowest BCUT2D eigenvalue weighted by molar-refractivity contribution is 0.199. The summed E-state index contributed by atoms with van der Waals surface area (Å²) in [6.45, 7) is 4.99. The fraction of sp³-hybridized carbons (Fsp3) is 0.615. The molecule has 1 rings (SSSR count). The summed E-state index contributed by atoms with van der Waals surface area (Å²) in [5.74, 6) is 0.939. The van der Waals surface area contributed by atoms with Gasteiger partial charge in [-0.3, -0.25) is 0 Å². The molecular weight excluding hydrogens is 200 g/mol. The van der Waals surface area contributed by atoms with E-state index in [-0.39, 0.29) is 0 Å². The number of unbranched alkanes of at least 4 members (excludes halogenated alkanes) is 2. The highest BCUT2D eigenvalue weighted by molar-refractivity contribution is 5.40. The standard InChI is InChI=1S/C13H22N2O/c1-4-5-6-9-15(3)13-10-12(11(2)16)7-8-14-13/h7-8,10-11,16H,4-6,9H2,1-3H3/t11-/m1/s1. The van der Waals surface area contributed by atoms with Gasteiger partial charge >= 0.3 is 0 Å². The van der Waals surface area contributed by atoms with Gasteiger partial charge in [-0.15, -0.1) is 0 Å². The van der Waals surface area contributed by atoms with Gasteiger partial charge in [-0.1, -0.05) is 19.8 Å². The van der Waals surface area contributed by atoms with Gasteiger partial charge in [0.25, 0.3) is 0 Å². The zero-order valence-corrected chi connectivity index (χ0v) is 10.5. The third-order valence-corrected chi connectivity index (χ3v) is 2.74. The van der Waals surface area contributed by atoms with Crippen molar-refractivity contribution in [2.45, 2.75) is 39.2 Å². The smallest absolute Gasteiger partial charge is 0.128 e. The maximum absolute atomic E-state index is 9.50. The second kappa shape index (κ2) is 6.48. The molecule has 0 aliphatic heterocycles. The van der Waals surface area contributed by atoms with Crippen LogP contribution in [0.4, 0.5) is 5.82 Å². The minimum atomic E-state index is -0.425. The van der Waals surface area contributed by atoms with E-state index in [4.69, 9.17) is 0 Å². The first-order valence-electron chi connectivity index (χ1n) is 6.00. The van der Waals surface area contributed by atoms with Crippen LogP contribution in [0.25, 0.3) is 0 Å². The summed E-state index contributed by atoms with van der Waals surface area (Å²) in [7, 11) is 2.05. The van der Waals surface area contributed by atoms with Crippen LogP contribution in [0.5, 0.6) is 0 Å². The first-order chi connectivity index (χ1) is 7.65. The number of pyridine rings is 1. The largest absolute Gasteiger partial charge is 0.389 e. The molecule has 0 aliphatic carbocycles. The van der Waals surface area contributed by atoms with Gasteiger partial charge in [-0.05, 0) is 31.0 Å². The highest BCUT2D eigenvalue weighted by Gasteiger charge is 2.05. The normalized spacial score (nSPS) is 12.5. The van der Waals surface area contributed by atoms with Crippen LogP contribution in [0.2, 0.25) is 0 Å². The summed E-state index contributed by atoms with van der Waals surface area (Å²) in [5.41, 5.74) is 0.923. The van der Waals surface area contributed by atoms with Crippen LogP contribution in [0.15, 0.2) is 18.3 Å². The van der Waals surface area contributed by atoms with Crippen LogP contribution in [-0.4, -0.2) is 23.7 Å². The van der Waals surface area contributed by atoms with Gasteiger partial charge in [-0.2, -0.15) is 0 Å². The van der Waals surface area contributed by atoms with E-state index in [2.05, 4.69) is 16.8 Å². The van der Waals surface area contributed by atoms with E-state index in [1.807, 2.05) is 19.2 Å². The number of anilines is 1.